The van der Waals surface area contributed by atoms with Gasteiger partial charge in [0.2, 0.25) is 5.91 Å². The van der Waals surface area contributed by atoms with Crippen LogP contribution in [-0.2, 0) is 23.9 Å². The number of fused-ring (bicyclic) bond motifs is 1. The first-order valence-corrected chi connectivity index (χ1v) is 11.7. The number of hydrogen-bond acceptors (Lipinski definition) is 4. The van der Waals surface area contributed by atoms with Crippen LogP contribution in [0.4, 0.5) is 13.2 Å². The maximum Gasteiger partial charge on any atom is 0.416 e. The lowest BCUT2D eigenvalue weighted by atomic mass is 9.95. The third-order valence-electron chi connectivity index (χ3n) is 6.72. The second-order valence-electron chi connectivity index (χ2n) is 8.95. The van der Waals surface area contributed by atoms with E-state index in [2.05, 4.69) is 15.2 Å². The molecule has 1 aliphatic rings. The number of benzene rings is 2. The van der Waals surface area contributed by atoms with Crippen LogP contribution < -0.4 is 5.56 Å². The Kier molecular flexibility index (Phi) is 6.34. The summed E-state index contributed by atoms with van der Waals surface area (Å²) >= 11 is 0. The molecule has 4 aromatic rings. The molecule has 3 heterocycles. The van der Waals surface area contributed by atoms with Crippen LogP contribution in [0.3, 0.4) is 0 Å². The van der Waals surface area contributed by atoms with E-state index in [1.165, 1.54) is 12.1 Å². The van der Waals surface area contributed by atoms with E-state index in [-0.39, 0.29) is 35.9 Å². The largest absolute Gasteiger partial charge is 0.416 e. The van der Waals surface area contributed by atoms with Crippen molar-refractivity contribution in [3.05, 3.63) is 93.9 Å². The first-order chi connectivity index (χ1) is 17.3. The molecule has 1 N–H and O–H groups in total. The van der Waals surface area contributed by atoms with E-state index in [1.807, 2.05) is 0 Å². The normalized spacial score (nSPS) is 14.9. The number of rotatable bonds is 5. The first kappa shape index (κ1) is 23.8. The Labute approximate surface area is 204 Å². The van der Waals surface area contributed by atoms with E-state index < -0.39 is 11.7 Å². The molecule has 0 bridgehead atoms. The van der Waals surface area contributed by atoms with E-state index in [0.29, 0.717) is 42.4 Å². The summed E-state index contributed by atoms with van der Waals surface area (Å²) in [6.07, 6.45) is 0.274. The smallest absolute Gasteiger partial charge is 0.342 e. The van der Waals surface area contributed by atoms with Crippen molar-refractivity contribution in [2.24, 2.45) is 0 Å². The molecule has 10 heteroatoms. The maximum absolute atomic E-state index is 13.4. The Balaban J connectivity index is 1.26. The van der Waals surface area contributed by atoms with Crippen molar-refractivity contribution in [1.29, 1.82) is 0 Å². The summed E-state index contributed by atoms with van der Waals surface area (Å²) in [5.74, 6) is 0.683. The summed E-state index contributed by atoms with van der Waals surface area (Å²) in [5.41, 5.74) is -0.224. The predicted octanol–water partition coefficient (Wildman–Crippen LogP) is 4.14. The number of amides is 1. The van der Waals surface area contributed by atoms with E-state index in [1.54, 1.807) is 52.2 Å². The maximum atomic E-state index is 13.4. The summed E-state index contributed by atoms with van der Waals surface area (Å²) < 4.78 is 42.1. The number of carbonyl (C=O) groups is 1. The number of alkyl halides is 3. The molecule has 1 saturated heterocycles. The molecule has 0 aliphatic carbocycles. The van der Waals surface area contributed by atoms with Gasteiger partial charge < -0.3 is 9.47 Å². The molecule has 2 aromatic carbocycles. The number of nitrogens with zero attached hydrogens (tertiary/aromatic N) is 4. The summed E-state index contributed by atoms with van der Waals surface area (Å²) in [5, 5.41) is 7.70. The number of aromatic amines is 1. The number of piperidine rings is 1. The van der Waals surface area contributed by atoms with Crippen LogP contribution in [0.1, 0.15) is 41.4 Å². The second-order valence-corrected chi connectivity index (χ2v) is 8.95. The van der Waals surface area contributed by atoms with E-state index in [4.69, 9.17) is 0 Å². The summed E-state index contributed by atoms with van der Waals surface area (Å²) in [6, 6.07) is 12.6. The third-order valence-corrected chi connectivity index (χ3v) is 6.72. The number of halogens is 3. The van der Waals surface area contributed by atoms with Gasteiger partial charge in [0.15, 0.2) is 0 Å². The third kappa shape index (κ3) is 4.75. The summed E-state index contributed by atoms with van der Waals surface area (Å²) in [4.78, 5) is 31.2. The molecule has 5 rings (SSSR count). The fraction of sp³-hybridized carbons (Fsp3) is 0.308. The van der Waals surface area contributed by atoms with Crippen LogP contribution in [0.15, 0.2) is 65.7 Å². The molecule has 0 saturated carbocycles. The van der Waals surface area contributed by atoms with Gasteiger partial charge in [0.25, 0.3) is 5.56 Å². The minimum Gasteiger partial charge on any atom is -0.342 e. The van der Waals surface area contributed by atoms with Crippen LogP contribution >= 0.6 is 0 Å². The zero-order chi connectivity index (χ0) is 25.3. The Hall–Kier alpha value is -3.95. The SMILES string of the molecule is O=C(Cc1n[nH]c(=O)c2ccccc12)N1CCC(c2nccn2Cc2ccccc2C(F)(F)F)CC1. The van der Waals surface area contributed by atoms with Crippen molar-refractivity contribution in [1.82, 2.24) is 24.6 Å². The van der Waals surface area contributed by atoms with E-state index in [9.17, 15) is 22.8 Å². The number of hydrogen-bond donors (Lipinski definition) is 1. The highest BCUT2D eigenvalue weighted by Crippen LogP contribution is 2.33. The number of H-pyrrole nitrogens is 1. The highest BCUT2D eigenvalue weighted by atomic mass is 19.4. The number of nitrogens with one attached hydrogen (secondary N) is 1. The number of carbonyl (C=O) groups excluding carboxylic acids is 1. The summed E-state index contributed by atoms with van der Waals surface area (Å²) in [7, 11) is 0. The van der Waals surface area contributed by atoms with Crippen LogP contribution in [0, 0.1) is 0 Å². The topological polar surface area (TPSA) is 83.9 Å². The number of aromatic nitrogens is 4. The highest BCUT2D eigenvalue weighted by Gasteiger charge is 2.33. The first-order valence-electron chi connectivity index (χ1n) is 11.7. The van der Waals surface area contributed by atoms with E-state index >= 15 is 0 Å². The molecule has 2 aromatic heterocycles. The zero-order valence-electron chi connectivity index (χ0n) is 19.3. The Morgan fingerprint density at radius 2 is 1.72 bits per heavy atom. The van der Waals surface area contributed by atoms with Gasteiger partial charge in [-0.25, -0.2) is 10.1 Å². The lowest BCUT2D eigenvalue weighted by molar-refractivity contribution is -0.138. The second kappa shape index (κ2) is 9.60. The molecule has 0 unspecified atom stereocenters. The minimum absolute atomic E-state index is 0.0362. The molecule has 1 amide bonds. The van der Waals surface area contributed by atoms with Crippen molar-refractivity contribution in [3.8, 4) is 0 Å². The van der Waals surface area contributed by atoms with Gasteiger partial charge in [0, 0.05) is 43.3 Å². The lowest BCUT2D eigenvalue weighted by Gasteiger charge is -2.32. The highest BCUT2D eigenvalue weighted by molar-refractivity contribution is 5.88. The fourth-order valence-corrected chi connectivity index (χ4v) is 4.88. The molecule has 0 atom stereocenters. The van der Waals surface area contributed by atoms with Crippen LogP contribution in [0.5, 0.6) is 0 Å². The number of likely N-dealkylation sites (tertiary alicyclic amines) is 1. The van der Waals surface area contributed by atoms with Gasteiger partial charge in [-0.05, 0) is 30.5 Å². The van der Waals surface area contributed by atoms with Crippen molar-refractivity contribution in [2.45, 2.75) is 37.9 Å². The van der Waals surface area contributed by atoms with Gasteiger partial charge in [-0.3, -0.25) is 9.59 Å². The van der Waals surface area contributed by atoms with Gasteiger partial charge in [0.1, 0.15) is 5.82 Å². The van der Waals surface area contributed by atoms with E-state index in [0.717, 1.165) is 11.9 Å². The van der Waals surface area contributed by atoms with Crippen LogP contribution in [-0.4, -0.2) is 43.6 Å². The van der Waals surface area contributed by atoms with Crippen molar-refractivity contribution in [3.63, 3.8) is 0 Å². The predicted molar refractivity (Wildman–Crippen MR) is 127 cm³/mol. The Bertz CT molecular complexity index is 1450. The molecule has 36 heavy (non-hydrogen) atoms. The molecular weight excluding hydrogens is 471 g/mol. The monoisotopic (exact) mass is 495 g/mol. The zero-order valence-corrected chi connectivity index (χ0v) is 19.3. The standard InChI is InChI=1S/C26H24F3N5O2/c27-26(28,29)21-8-4-1-5-18(21)16-34-14-11-30-24(34)17-9-12-33(13-10-17)23(35)15-22-19-6-2-3-7-20(19)25(36)32-31-22/h1-8,11,14,17H,9-10,12-13,15-16H2,(H,32,36). The van der Waals surface area contributed by atoms with Gasteiger partial charge in [-0.15, -0.1) is 0 Å². The van der Waals surface area contributed by atoms with Crippen molar-refractivity contribution < 1.29 is 18.0 Å². The van der Waals surface area contributed by atoms with Gasteiger partial charge in [-0.2, -0.15) is 18.3 Å². The van der Waals surface area contributed by atoms with Crippen molar-refractivity contribution in [2.75, 3.05) is 13.1 Å². The Morgan fingerprint density at radius 3 is 2.47 bits per heavy atom. The van der Waals surface area contributed by atoms with Crippen LogP contribution in [0.25, 0.3) is 10.8 Å². The van der Waals surface area contributed by atoms with Crippen molar-refractivity contribution >= 4 is 16.7 Å². The van der Waals surface area contributed by atoms with Gasteiger partial charge in [-0.1, -0.05) is 36.4 Å². The Morgan fingerprint density at radius 1 is 1.03 bits per heavy atom. The molecule has 1 aliphatic heterocycles. The molecular formula is C26H24F3N5O2. The molecule has 0 spiro atoms. The van der Waals surface area contributed by atoms with Gasteiger partial charge >= 0.3 is 6.18 Å². The molecule has 186 valence electrons. The quantitative estimate of drug-likeness (QED) is 0.451. The van der Waals surface area contributed by atoms with Crippen LogP contribution in [0.2, 0.25) is 0 Å². The molecule has 0 radical (unpaired) electrons. The van der Waals surface area contributed by atoms with Gasteiger partial charge in [0.05, 0.1) is 23.1 Å². The minimum atomic E-state index is -4.42. The molecule has 7 nitrogen and oxygen atoms in total. The average Bonchev–Trinajstić information content (AvgIpc) is 3.34. The number of imidazole rings is 1. The average molecular weight is 496 g/mol. The molecule has 1 fully saturated rings. The fourth-order valence-electron chi connectivity index (χ4n) is 4.88. The lowest BCUT2D eigenvalue weighted by Crippen LogP contribution is -2.39. The summed E-state index contributed by atoms with van der Waals surface area (Å²) in [6.45, 7) is 1.10.